The molecule has 96 valence electrons. The van der Waals surface area contributed by atoms with Gasteiger partial charge < -0.3 is 14.6 Å². The standard InChI is InChI=1S/C10H17N3O4/c1-7(14)6-13-8(4-5-16-2)9(11-12-13)10(15)17-3/h7,14H,4-6H2,1-3H3. The molecule has 0 aliphatic rings. The van der Waals surface area contributed by atoms with E-state index < -0.39 is 12.1 Å². The van der Waals surface area contributed by atoms with Gasteiger partial charge >= 0.3 is 5.97 Å². The summed E-state index contributed by atoms with van der Waals surface area (Å²) in [5, 5.41) is 16.9. The zero-order valence-electron chi connectivity index (χ0n) is 10.2. The first kappa shape index (κ1) is 13.6. The molecular formula is C10H17N3O4. The van der Waals surface area contributed by atoms with Crippen molar-refractivity contribution in [1.82, 2.24) is 15.0 Å². The van der Waals surface area contributed by atoms with E-state index in [0.717, 1.165) is 0 Å². The van der Waals surface area contributed by atoms with Crippen LogP contribution in [0.5, 0.6) is 0 Å². The smallest absolute Gasteiger partial charge is 0.360 e. The zero-order chi connectivity index (χ0) is 12.8. The maximum atomic E-state index is 11.5. The van der Waals surface area contributed by atoms with E-state index in [4.69, 9.17) is 4.74 Å². The number of ether oxygens (including phenoxy) is 2. The summed E-state index contributed by atoms with van der Waals surface area (Å²) in [5.41, 5.74) is 0.782. The topological polar surface area (TPSA) is 86.5 Å². The summed E-state index contributed by atoms with van der Waals surface area (Å²) in [6, 6.07) is 0. The predicted octanol–water partition coefficient (Wildman–Crippen LogP) is -0.366. The lowest BCUT2D eigenvalue weighted by Crippen LogP contribution is -2.17. The molecule has 0 spiro atoms. The lowest BCUT2D eigenvalue weighted by Gasteiger charge is -2.08. The number of methoxy groups -OCH3 is 2. The van der Waals surface area contributed by atoms with Gasteiger partial charge in [-0.25, -0.2) is 9.48 Å². The highest BCUT2D eigenvalue weighted by atomic mass is 16.5. The molecule has 0 bridgehead atoms. The zero-order valence-corrected chi connectivity index (χ0v) is 10.2. The van der Waals surface area contributed by atoms with Crippen molar-refractivity contribution in [2.24, 2.45) is 0 Å². The molecule has 7 nitrogen and oxygen atoms in total. The van der Waals surface area contributed by atoms with Crippen LogP contribution in [0.4, 0.5) is 0 Å². The highest BCUT2D eigenvalue weighted by Crippen LogP contribution is 2.09. The SMILES string of the molecule is COCCc1c(C(=O)OC)nnn1CC(C)O. The molecule has 1 aromatic rings. The second kappa shape index (κ2) is 6.31. The number of nitrogens with zero attached hydrogens (tertiary/aromatic N) is 3. The Bertz CT molecular complexity index is 376. The van der Waals surface area contributed by atoms with E-state index in [1.807, 2.05) is 0 Å². The number of carbonyl (C=O) groups excluding carboxylic acids is 1. The van der Waals surface area contributed by atoms with Gasteiger partial charge in [0.05, 0.1) is 32.1 Å². The minimum absolute atomic E-state index is 0.171. The molecule has 1 heterocycles. The van der Waals surface area contributed by atoms with E-state index >= 15 is 0 Å². The highest BCUT2D eigenvalue weighted by molar-refractivity contribution is 5.88. The van der Waals surface area contributed by atoms with Gasteiger partial charge in [-0.05, 0) is 6.92 Å². The summed E-state index contributed by atoms with van der Waals surface area (Å²) in [4.78, 5) is 11.5. The van der Waals surface area contributed by atoms with Crippen LogP contribution >= 0.6 is 0 Å². The van der Waals surface area contributed by atoms with Crippen molar-refractivity contribution >= 4 is 5.97 Å². The van der Waals surface area contributed by atoms with E-state index in [-0.39, 0.29) is 12.2 Å². The van der Waals surface area contributed by atoms with Gasteiger partial charge in [0.2, 0.25) is 0 Å². The second-order valence-electron chi connectivity index (χ2n) is 3.65. The third kappa shape index (κ3) is 3.50. The Morgan fingerprint density at radius 3 is 2.76 bits per heavy atom. The number of aliphatic hydroxyl groups is 1. The van der Waals surface area contributed by atoms with E-state index in [1.165, 1.54) is 11.8 Å². The van der Waals surface area contributed by atoms with Gasteiger partial charge in [-0.1, -0.05) is 5.21 Å². The minimum atomic E-state index is -0.566. The Morgan fingerprint density at radius 1 is 1.53 bits per heavy atom. The highest BCUT2D eigenvalue weighted by Gasteiger charge is 2.20. The van der Waals surface area contributed by atoms with Gasteiger partial charge in [0.25, 0.3) is 0 Å². The molecule has 0 saturated carbocycles. The second-order valence-corrected chi connectivity index (χ2v) is 3.65. The number of hydrogen-bond donors (Lipinski definition) is 1. The number of esters is 1. The summed E-state index contributed by atoms with van der Waals surface area (Å²) in [5.74, 6) is -0.534. The van der Waals surface area contributed by atoms with Crippen molar-refractivity contribution in [3.8, 4) is 0 Å². The molecule has 0 radical (unpaired) electrons. The summed E-state index contributed by atoms with van der Waals surface area (Å²) in [7, 11) is 2.86. The molecule has 0 aromatic carbocycles. The number of hydrogen-bond acceptors (Lipinski definition) is 6. The lowest BCUT2D eigenvalue weighted by molar-refractivity contribution is 0.0591. The maximum absolute atomic E-state index is 11.5. The summed E-state index contributed by atoms with van der Waals surface area (Å²) < 4.78 is 11.1. The molecule has 1 N–H and O–H groups in total. The van der Waals surface area contributed by atoms with Crippen LogP contribution < -0.4 is 0 Å². The third-order valence-corrected chi connectivity index (χ3v) is 2.20. The van der Waals surface area contributed by atoms with Crippen molar-refractivity contribution in [3.63, 3.8) is 0 Å². The maximum Gasteiger partial charge on any atom is 0.360 e. The lowest BCUT2D eigenvalue weighted by atomic mass is 10.2. The largest absolute Gasteiger partial charge is 0.464 e. The van der Waals surface area contributed by atoms with E-state index in [2.05, 4.69) is 15.0 Å². The Kier molecular flexibility index (Phi) is 5.05. The Balaban J connectivity index is 2.97. The van der Waals surface area contributed by atoms with Gasteiger partial charge in [0, 0.05) is 13.5 Å². The first-order valence-electron chi connectivity index (χ1n) is 5.27. The Morgan fingerprint density at radius 2 is 2.24 bits per heavy atom. The molecule has 7 heteroatoms. The van der Waals surface area contributed by atoms with Crippen LogP contribution in [0.15, 0.2) is 0 Å². The molecule has 1 rings (SSSR count). The van der Waals surface area contributed by atoms with E-state index in [0.29, 0.717) is 18.7 Å². The molecule has 0 saturated heterocycles. The van der Waals surface area contributed by atoms with Gasteiger partial charge in [-0.3, -0.25) is 0 Å². The van der Waals surface area contributed by atoms with Crippen LogP contribution in [0.2, 0.25) is 0 Å². The van der Waals surface area contributed by atoms with Crippen LogP contribution in [0.3, 0.4) is 0 Å². The Labute approximate surface area is 99.3 Å². The Hall–Kier alpha value is -1.47. The molecule has 1 aromatic heterocycles. The van der Waals surface area contributed by atoms with Crippen molar-refractivity contribution in [1.29, 1.82) is 0 Å². The molecule has 1 unspecified atom stereocenters. The minimum Gasteiger partial charge on any atom is -0.464 e. The van der Waals surface area contributed by atoms with Crippen molar-refractivity contribution in [2.45, 2.75) is 26.0 Å². The summed E-state index contributed by atoms with van der Waals surface area (Å²) in [6.45, 7) is 2.36. The fourth-order valence-electron chi connectivity index (χ4n) is 1.43. The number of rotatable bonds is 6. The van der Waals surface area contributed by atoms with E-state index in [1.54, 1.807) is 14.0 Å². The van der Waals surface area contributed by atoms with Crippen molar-refractivity contribution in [2.75, 3.05) is 20.8 Å². The van der Waals surface area contributed by atoms with Crippen LogP contribution in [-0.2, 0) is 22.4 Å². The molecule has 17 heavy (non-hydrogen) atoms. The fourth-order valence-corrected chi connectivity index (χ4v) is 1.43. The monoisotopic (exact) mass is 243 g/mol. The first-order chi connectivity index (χ1) is 8.10. The number of aromatic nitrogens is 3. The molecule has 0 amide bonds. The van der Waals surface area contributed by atoms with Crippen molar-refractivity contribution < 1.29 is 19.4 Å². The molecular weight excluding hydrogens is 226 g/mol. The van der Waals surface area contributed by atoms with Gasteiger partial charge in [0.15, 0.2) is 5.69 Å². The van der Waals surface area contributed by atoms with Gasteiger partial charge in [-0.2, -0.15) is 0 Å². The third-order valence-electron chi connectivity index (χ3n) is 2.20. The van der Waals surface area contributed by atoms with Crippen LogP contribution in [0.25, 0.3) is 0 Å². The van der Waals surface area contributed by atoms with Gasteiger partial charge in [0.1, 0.15) is 0 Å². The van der Waals surface area contributed by atoms with Crippen LogP contribution in [0.1, 0.15) is 23.1 Å². The average Bonchev–Trinajstić information content (AvgIpc) is 2.67. The first-order valence-corrected chi connectivity index (χ1v) is 5.27. The molecule has 1 atom stereocenters. The van der Waals surface area contributed by atoms with Crippen LogP contribution in [0, 0.1) is 0 Å². The predicted molar refractivity (Wildman–Crippen MR) is 58.6 cm³/mol. The number of carbonyl (C=O) groups is 1. The molecule has 0 aliphatic heterocycles. The normalized spacial score (nSPS) is 12.5. The number of aliphatic hydroxyl groups excluding tert-OH is 1. The summed E-state index contributed by atoms with van der Waals surface area (Å²) >= 11 is 0. The van der Waals surface area contributed by atoms with Gasteiger partial charge in [-0.15, -0.1) is 5.10 Å². The quantitative estimate of drug-likeness (QED) is 0.686. The average molecular weight is 243 g/mol. The van der Waals surface area contributed by atoms with Crippen LogP contribution in [-0.4, -0.2) is 53.0 Å². The fraction of sp³-hybridized carbons (Fsp3) is 0.700. The molecule has 0 fully saturated rings. The van der Waals surface area contributed by atoms with Crippen molar-refractivity contribution in [3.05, 3.63) is 11.4 Å². The van der Waals surface area contributed by atoms with E-state index in [9.17, 15) is 9.90 Å². The molecule has 0 aliphatic carbocycles. The summed E-state index contributed by atoms with van der Waals surface area (Å²) in [6.07, 6.45) is -0.0795.